The number of ether oxygens (including phenoxy) is 1. The first-order valence-electron chi connectivity index (χ1n) is 12.4. The zero-order valence-corrected chi connectivity index (χ0v) is 21.9. The van der Waals surface area contributed by atoms with Gasteiger partial charge in [0, 0.05) is 6.54 Å². The highest BCUT2D eigenvalue weighted by molar-refractivity contribution is 5.87. The summed E-state index contributed by atoms with van der Waals surface area (Å²) in [6, 6.07) is 18.7. The van der Waals surface area contributed by atoms with Crippen LogP contribution < -0.4 is 16.2 Å². The lowest BCUT2D eigenvalue weighted by Crippen LogP contribution is -2.50. The van der Waals surface area contributed by atoms with Gasteiger partial charge in [0.15, 0.2) is 0 Å². The Kier molecular flexibility index (Phi) is 11.2. The number of urea groups is 1. The number of amides is 3. The van der Waals surface area contributed by atoms with E-state index in [4.69, 9.17) is 4.74 Å². The number of benzene rings is 2. The molecule has 0 heterocycles. The van der Waals surface area contributed by atoms with Gasteiger partial charge in [-0.25, -0.2) is 10.2 Å². The van der Waals surface area contributed by atoms with E-state index < -0.39 is 35.3 Å². The summed E-state index contributed by atoms with van der Waals surface area (Å²) in [5.74, 6) is -2.11. The zero-order chi connectivity index (χ0) is 26.6. The molecule has 36 heavy (non-hydrogen) atoms. The Balaban J connectivity index is 2.11. The Morgan fingerprint density at radius 3 is 2.08 bits per heavy atom. The van der Waals surface area contributed by atoms with Gasteiger partial charge in [-0.3, -0.25) is 15.0 Å². The molecule has 0 fully saturated rings. The van der Waals surface area contributed by atoms with Crippen LogP contribution in [0.2, 0.25) is 0 Å². The summed E-state index contributed by atoms with van der Waals surface area (Å²) in [5, 5.41) is 2.70. The highest BCUT2D eigenvalue weighted by Gasteiger charge is 2.36. The molecule has 2 aromatic carbocycles. The normalized spacial score (nSPS) is 13.2. The van der Waals surface area contributed by atoms with E-state index in [-0.39, 0.29) is 5.92 Å². The van der Waals surface area contributed by atoms with E-state index >= 15 is 0 Å². The summed E-state index contributed by atoms with van der Waals surface area (Å²) >= 11 is 0. The first-order chi connectivity index (χ1) is 17.0. The molecule has 0 aliphatic heterocycles. The van der Waals surface area contributed by atoms with Gasteiger partial charge in [-0.05, 0) is 50.7 Å². The minimum atomic E-state index is -0.708. The predicted octanol–water partition coefficient (Wildman–Crippen LogP) is 5.24. The molecule has 0 saturated carbocycles. The predicted molar refractivity (Wildman–Crippen MR) is 142 cm³/mol. The van der Waals surface area contributed by atoms with Crippen LogP contribution in [0, 0.1) is 17.8 Å². The largest absolute Gasteiger partial charge is 0.460 e. The maximum absolute atomic E-state index is 13.2. The highest BCUT2D eigenvalue weighted by atomic mass is 16.6. The molecule has 0 radical (unpaired) electrons. The molecule has 194 valence electrons. The minimum absolute atomic E-state index is 0.149. The van der Waals surface area contributed by atoms with Gasteiger partial charge >= 0.3 is 12.0 Å². The molecule has 2 aromatic rings. The Labute approximate surface area is 214 Å². The first kappa shape index (κ1) is 28.6. The molecule has 7 heteroatoms. The SMILES string of the molecule is CC(C)C[C@@H](C(=O)NNC(=O)NCc1ccccc1)[C@H](C/C=C/c1ccccc1)C(=O)OC(C)(C)C. The maximum Gasteiger partial charge on any atom is 0.333 e. The van der Waals surface area contributed by atoms with Crippen molar-refractivity contribution in [1.29, 1.82) is 0 Å². The number of hydrogen-bond donors (Lipinski definition) is 3. The fourth-order valence-electron chi connectivity index (χ4n) is 3.71. The minimum Gasteiger partial charge on any atom is -0.460 e. The van der Waals surface area contributed by atoms with Gasteiger partial charge in [0.1, 0.15) is 5.60 Å². The molecular formula is C29H39N3O4. The number of carbonyl (C=O) groups is 3. The second-order valence-corrected chi connectivity index (χ2v) is 10.2. The van der Waals surface area contributed by atoms with E-state index in [1.165, 1.54) is 0 Å². The van der Waals surface area contributed by atoms with Crippen LogP contribution in [0.15, 0.2) is 66.7 Å². The Morgan fingerprint density at radius 2 is 1.50 bits per heavy atom. The van der Waals surface area contributed by atoms with E-state index in [1.807, 2.05) is 86.7 Å². The average Bonchev–Trinajstić information content (AvgIpc) is 2.82. The number of nitrogens with one attached hydrogen (secondary N) is 3. The lowest BCUT2D eigenvalue weighted by atomic mass is 9.82. The standard InChI is InChI=1S/C29H39N3O4/c1-21(2)19-25(26(33)31-32-28(35)30-20-23-15-10-7-11-16-23)24(27(34)36-29(3,4)5)18-12-17-22-13-8-6-9-14-22/h6-17,21,24-25H,18-20H2,1-5H3,(H,31,33)(H2,30,32,35)/b17-12+/t24-,25+/m0/s1. The van der Waals surface area contributed by atoms with Crippen LogP contribution in [0.3, 0.4) is 0 Å². The van der Waals surface area contributed by atoms with E-state index in [9.17, 15) is 14.4 Å². The molecule has 7 nitrogen and oxygen atoms in total. The van der Waals surface area contributed by atoms with Gasteiger partial charge in [0.25, 0.3) is 0 Å². The van der Waals surface area contributed by atoms with Gasteiger partial charge in [0.05, 0.1) is 11.8 Å². The summed E-state index contributed by atoms with van der Waals surface area (Å²) < 4.78 is 5.68. The fraction of sp³-hybridized carbons (Fsp3) is 0.414. The third kappa shape index (κ3) is 10.8. The van der Waals surface area contributed by atoms with Gasteiger partial charge in [-0.2, -0.15) is 0 Å². The third-order valence-electron chi connectivity index (χ3n) is 5.35. The van der Waals surface area contributed by atoms with E-state index in [1.54, 1.807) is 20.8 Å². The van der Waals surface area contributed by atoms with Crippen LogP contribution in [0.4, 0.5) is 4.79 Å². The van der Waals surface area contributed by atoms with Crippen LogP contribution in [-0.2, 0) is 20.9 Å². The molecule has 0 aliphatic rings. The van der Waals surface area contributed by atoms with Gasteiger partial charge in [-0.1, -0.05) is 86.7 Å². The van der Waals surface area contributed by atoms with Crippen LogP contribution in [-0.4, -0.2) is 23.5 Å². The second kappa shape index (κ2) is 14.1. The van der Waals surface area contributed by atoms with E-state index in [0.29, 0.717) is 19.4 Å². The van der Waals surface area contributed by atoms with Gasteiger partial charge in [-0.15, -0.1) is 0 Å². The molecule has 0 unspecified atom stereocenters. The number of hydrogen-bond acceptors (Lipinski definition) is 4. The Hall–Kier alpha value is -3.61. The average molecular weight is 494 g/mol. The molecule has 3 amide bonds. The summed E-state index contributed by atoms with van der Waals surface area (Å²) in [6.45, 7) is 9.72. The number of carbonyl (C=O) groups excluding carboxylic acids is 3. The van der Waals surface area contributed by atoms with Crippen molar-refractivity contribution in [2.75, 3.05) is 0 Å². The molecule has 2 atom stereocenters. The molecule has 3 N–H and O–H groups in total. The van der Waals surface area contributed by atoms with E-state index in [2.05, 4.69) is 16.2 Å². The Morgan fingerprint density at radius 1 is 0.889 bits per heavy atom. The molecule has 0 spiro atoms. The summed E-state index contributed by atoms with van der Waals surface area (Å²) in [5.41, 5.74) is 6.16. The molecule has 0 aromatic heterocycles. The van der Waals surface area contributed by atoms with Crippen molar-refractivity contribution < 1.29 is 19.1 Å². The zero-order valence-electron chi connectivity index (χ0n) is 21.9. The van der Waals surface area contributed by atoms with Gasteiger partial charge in [0.2, 0.25) is 5.91 Å². The number of esters is 1. The van der Waals surface area contributed by atoms with Gasteiger partial charge < -0.3 is 10.1 Å². The van der Waals surface area contributed by atoms with Crippen molar-refractivity contribution in [3.8, 4) is 0 Å². The lowest BCUT2D eigenvalue weighted by molar-refractivity contribution is -0.164. The second-order valence-electron chi connectivity index (χ2n) is 10.2. The third-order valence-corrected chi connectivity index (χ3v) is 5.35. The molecule has 2 rings (SSSR count). The van der Waals surface area contributed by atoms with Crippen LogP contribution in [0.1, 0.15) is 58.6 Å². The molecule has 0 aliphatic carbocycles. The highest BCUT2D eigenvalue weighted by Crippen LogP contribution is 2.28. The maximum atomic E-state index is 13.2. The topological polar surface area (TPSA) is 96.5 Å². The number of rotatable bonds is 10. The van der Waals surface area contributed by atoms with Crippen molar-refractivity contribution >= 4 is 24.0 Å². The van der Waals surface area contributed by atoms with Crippen molar-refractivity contribution in [2.45, 2.75) is 59.6 Å². The number of allylic oxidation sites excluding steroid dienone is 1. The van der Waals surface area contributed by atoms with Crippen molar-refractivity contribution in [3.63, 3.8) is 0 Å². The summed E-state index contributed by atoms with van der Waals surface area (Å²) in [7, 11) is 0. The van der Waals surface area contributed by atoms with Crippen LogP contribution in [0.5, 0.6) is 0 Å². The first-order valence-corrected chi connectivity index (χ1v) is 12.4. The lowest BCUT2D eigenvalue weighted by Gasteiger charge is -2.29. The molecule has 0 saturated heterocycles. The van der Waals surface area contributed by atoms with Crippen molar-refractivity contribution in [1.82, 2.24) is 16.2 Å². The fourth-order valence-corrected chi connectivity index (χ4v) is 3.71. The summed E-state index contributed by atoms with van der Waals surface area (Å²) in [4.78, 5) is 38.7. The quantitative estimate of drug-likeness (QED) is 0.311. The summed E-state index contributed by atoms with van der Waals surface area (Å²) in [6.07, 6.45) is 4.61. The van der Waals surface area contributed by atoms with Crippen LogP contribution in [0.25, 0.3) is 6.08 Å². The number of hydrazine groups is 1. The molecule has 0 bridgehead atoms. The smallest absolute Gasteiger partial charge is 0.333 e. The van der Waals surface area contributed by atoms with Crippen molar-refractivity contribution in [3.05, 3.63) is 77.9 Å². The van der Waals surface area contributed by atoms with Crippen molar-refractivity contribution in [2.24, 2.45) is 17.8 Å². The molecular weight excluding hydrogens is 454 g/mol. The van der Waals surface area contributed by atoms with Crippen LogP contribution >= 0.6 is 0 Å². The van der Waals surface area contributed by atoms with E-state index in [0.717, 1.165) is 11.1 Å². The monoisotopic (exact) mass is 493 g/mol. The Bertz CT molecular complexity index is 998.